The Kier molecular flexibility index (Phi) is 3.03. The van der Waals surface area contributed by atoms with Crippen LogP contribution in [0, 0.1) is 5.92 Å². The van der Waals surface area contributed by atoms with Crippen molar-refractivity contribution in [2.75, 3.05) is 13.1 Å². The van der Waals surface area contributed by atoms with Crippen LogP contribution in [-0.4, -0.2) is 29.2 Å². The summed E-state index contributed by atoms with van der Waals surface area (Å²) in [4.78, 5) is 12.4. The molecule has 2 heterocycles. The zero-order valence-electron chi connectivity index (χ0n) is 10.4. The molecule has 0 aliphatic carbocycles. The number of ether oxygens (including phenoxy) is 2. The van der Waals surface area contributed by atoms with Crippen LogP contribution in [0.15, 0.2) is 36.3 Å². The number of nitrogens with zero attached hydrogens (tertiary/aromatic N) is 1. The van der Waals surface area contributed by atoms with Crippen molar-refractivity contribution in [3.8, 4) is 11.5 Å². The number of likely N-dealkylation sites (tertiary alicyclic amines) is 1. The summed E-state index contributed by atoms with van der Waals surface area (Å²) in [5.41, 5.74) is 0. The van der Waals surface area contributed by atoms with E-state index in [2.05, 4.69) is 0 Å². The monoisotopic (exact) mass is 261 g/mol. The summed E-state index contributed by atoms with van der Waals surface area (Å²) in [5.74, 6) is 2.16. The molecule has 0 saturated carbocycles. The molecule has 1 atom stereocenters. The summed E-state index contributed by atoms with van der Waals surface area (Å²) in [6.07, 6.45) is 2.49. The van der Waals surface area contributed by atoms with Gasteiger partial charge in [-0.3, -0.25) is 0 Å². The van der Waals surface area contributed by atoms with E-state index in [1.807, 2.05) is 24.3 Å². The van der Waals surface area contributed by atoms with Gasteiger partial charge in [-0.1, -0.05) is 12.1 Å². The highest BCUT2D eigenvalue weighted by molar-refractivity contribution is 5.65. The van der Waals surface area contributed by atoms with Gasteiger partial charge in [-0.2, -0.15) is 0 Å². The second kappa shape index (κ2) is 4.84. The summed E-state index contributed by atoms with van der Waals surface area (Å²) in [5, 5.41) is 9.05. The molecule has 1 unspecified atom stereocenters. The van der Waals surface area contributed by atoms with Gasteiger partial charge in [0.2, 0.25) is 0 Å². The fourth-order valence-electron chi connectivity index (χ4n) is 2.47. The highest BCUT2D eigenvalue weighted by atomic mass is 16.6. The Morgan fingerprint density at radius 1 is 1.32 bits per heavy atom. The lowest BCUT2D eigenvalue weighted by Gasteiger charge is -2.32. The average Bonchev–Trinajstić information content (AvgIpc) is 2.47. The maximum atomic E-state index is 11.0. The second-order valence-electron chi connectivity index (χ2n) is 4.75. The van der Waals surface area contributed by atoms with Crippen molar-refractivity contribution in [3.05, 3.63) is 36.3 Å². The van der Waals surface area contributed by atoms with Gasteiger partial charge in [-0.05, 0) is 25.0 Å². The van der Waals surface area contributed by atoms with Gasteiger partial charge in [-0.15, -0.1) is 0 Å². The number of carboxylic acid groups (broad SMARTS) is 1. The van der Waals surface area contributed by atoms with E-state index in [0.717, 1.165) is 12.8 Å². The normalized spacial score (nSPS) is 21.8. The van der Waals surface area contributed by atoms with Gasteiger partial charge < -0.3 is 19.5 Å². The number of hydrogen-bond acceptors (Lipinski definition) is 3. The SMILES string of the molecule is O=C(O)N1CCCC(C2=COc3ccccc3O2)C1. The Morgan fingerprint density at radius 2 is 2.11 bits per heavy atom. The van der Waals surface area contributed by atoms with Gasteiger partial charge in [0, 0.05) is 19.0 Å². The molecule has 0 radical (unpaired) electrons. The highest BCUT2D eigenvalue weighted by Crippen LogP contribution is 2.35. The molecule has 0 spiro atoms. The average molecular weight is 261 g/mol. The topological polar surface area (TPSA) is 59.0 Å². The molecule has 1 amide bonds. The Morgan fingerprint density at radius 3 is 2.89 bits per heavy atom. The third kappa shape index (κ3) is 2.36. The Labute approximate surface area is 111 Å². The van der Waals surface area contributed by atoms with Crippen LogP contribution in [0.25, 0.3) is 0 Å². The van der Waals surface area contributed by atoms with Crippen LogP contribution in [0.1, 0.15) is 12.8 Å². The highest BCUT2D eigenvalue weighted by Gasteiger charge is 2.29. The summed E-state index contributed by atoms with van der Waals surface area (Å²) >= 11 is 0. The van der Waals surface area contributed by atoms with Crippen LogP contribution in [0.5, 0.6) is 11.5 Å². The molecule has 2 aliphatic heterocycles. The summed E-state index contributed by atoms with van der Waals surface area (Å²) < 4.78 is 11.3. The lowest BCUT2D eigenvalue weighted by atomic mass is 9.96. The first-order valence-electron chi connectivity index (χ1n) is 6.35. The Hall–Kier alpha value is -2.17. The molecule has 1 aromatic rings. The van der Waals surface area contributed by atoms with Crippen LogP contribution in [0.4, 0.5) is 4.79 Å². The number of fused-ring (bicyclic) bond motifs is 1. The maximum absolute atomic E-state index is 11.0. The number of amides is 1. The number of hydrogen-bond donors (Lipinski definition) is 1. The number of rotatable bonds is 1. The fourth-order valence-corrected chi connectivity index (χ4v) is 2.47. The predicted molar refractivity (Wildman–Crippen MR) is 68.1 cm³/mol. The molecule has 100 valence electrons. The van der Waals surface area contributed by atoms with Gasteiger partial charge in [0.05, 0.1) is 0 Å². The number of carbonyl (C=O) groups is 1. The number of para-hydroxylation sites is 2. The Balaban J connectivity index is 1.74. The van der Waals surface area contributed by atoms with E-state index in [1.54, 1.807) is 6.26 Å². The maximum Gasteiger partial charge on any atom is 0.407 e. The van der Waals surface area contributed by atoms with Crippen LogP contribution < -0.4 is 9.47 Å². The molecule has 3 rings (SSSR count). The molecule has 5 nitrogen and oxygen atoms in total. The van der Waals surface area contributed by atoms with Crippen molar-refractivity contribution in [2.24, 2.45) is 5.92 Å². The minimum absolute atomic E-state index is 0.0678. The molecule has 1 N–H and O–H groups in total. The minimum Gasteiger partial charge on any atom is -0.465 e. The van der Waals surface area contributed by atoms with E-state index < -0.39 is 6.09 Å². The van der Waals surface area contributed by atoms with Crippen molar-refractivity contribution in [3.63, 3.8) is 0 Å². The van der Waals surface area contributed by atoms with E-state index in [1.165, 1.54) is 4.90 Å². The van der Waals surface area contributed by atoms with Crippen LogP contribution in [-0.2, 0) is 0 Å². The Bertz CT molecular complexity index is 526. The summed E-state index contributed by atoms with van der Waals surface area (Å²) in [6, 6.07) is 7.45. The standard InChI is InChI=1S/C14H15NO4/c16-14(17)15-7-3-4-10(8-15)13-9-18-11-5-1-2-6-12(11)19-13/h1-2,5-6,9-10H,3-4,7-8H2,(H,16,17). The van der Waals surface area contributed by atoms with Gasteiger partial charge in [0.25, 0.3) is 0 Å². The van der Waals surface area contributed by atoms with Crippen molar-refractivity contribution < 1.29 is 19.4 Å². The first-order chi connectivity index (χ1) is 9.24. The molecule has 1 aromatic carbocycles. The van der Waals surface area contributed by atoms with Crippen LogP contribution >= 0.6 is 0 Å². The van der Waals surface area contributed by atoms with Crippen molar-refractivity contribution in [1.82, 2.24) is 4.90 Å². The lowest BCUT2D eigenvalue weighted by Crippen LogP contribution is -2.40. The quantitative estimate of drug-likeness (QED) is 0.844. The zero-order chi connectivity index (χ0) is 13.2. The molecule has 0 bridgehead atoms. The smallest absolute Gasteiger partial charge is 0.407 e. The van der Waals surface area contributed by atoms with Crippen molar-refractivity contribution in [2.45, 2.75) is 12.8 Å². The van der Waals surface area contributed by atoms with Gasteiger partial charge in [-0.25, -0.2) is 4.79 Å². The van der Waals surface area contributed by atoms with Gasteiger partial charge >= 0.3 is 6.09 Å². The third-order valence-corrected chi connectivity index (χ3v) is 3.47. The van der Waals surface area contributed by atoms with Gasteiger partial charge in [0.1, 0.15) is 12.0 Å². The third-order valence-electron chi connectivity index (χ3n) is 3.47. The van der Waals surface area contributed by atoms with E-state index in [4.69, 9.17) is 14.6 Å². The number of piperidine rings is 1. The van der Waals surface area contributed by atoms with E-state index in [9.17, 15) is 4.79 Å². The lowest BCUT2D eigenvalue weighted by molar-refractivity contribution is 0.116. The largest absolute Gasteiger partial charge is 0.465 e. The van der Waals surface area contributed by atoms with Crippen LogP contribution in [0.3, 0.4) is 0 Å². The predicted octanol–water partition coefficient (Wildman–Crippen LogP) is 2.69. The molecule has 19 heavy (non-hydrogen) atoms. The van der Waals surface area contributed by atoms with Gasteiger partial charge in [0.15, 0.2) is 11.5 Å². The van der Waals surface area contributed by atoms with Crippen LogP contribution in [0.2, 0.25) is 0 Å². The number of benzene rings is 1. The molecule has 1 saturated heterocycles. The molecular formula is C14H15NO4. The zero-order valence-corrected chi connectivity index (χ0v) is 10.4. The molecular weight excluding hydrogens is 246 g/mol. The van der Waals surface area contributed by atoms with Crippen molar-refractivity contribution >= 4 is 6.09 Å². The van der Waals surface area contributed by atoms with E-state index in [0.29, 0.717) is 30.3 Å². The second-order valence-corrected chi connectivity index (χ2v) is 4.75. The molecule has 1 fully saturated rings. The minimum atomic E-state index is -0.873. The molecule has 0 aromatic heterocycles. The fraction of sp³-hybridized carbons (Fsp3) is 0.357. The first-order valence-corrected chi connectivity index (χ1v) is 6.35. The summed E-state index contributed by atoms with van der Waals surface area (Å²) in [6.45, 7) is 1.06. The summed E-state index contributed by atoms with van der Waals surface area (Å²) in [7, 11) is 0. The molecule has 5 heteroatoms. The van der Waals surface area contributed by atoms with E-state index >= 15 is 0 Å². The van der Waals surface area contributed by atoms with E-state index in [-0.39, 0.29) is 5.92 Å². The van der Waals surface area contributed by atoms with Crippen molar-refractivity contribution in [1.29, 1.82) is 0 Å². The first kappa shape index (κ1) is 11.9. The molecule has 2 aliphatic rings.